The number of imide groups is 1. The molecule has 230 valence electrons. The molecule has 4 amide bonds. The SMILES string of the molecule is CNS(=O)(=O)Nc1ccc(N2C(=O)N(C3CC3)C(=O)C3(C(C)(C)C)C2=C(C)C(=O)N(C)C3Nc2ccc(I)cc2F)cc1. The Bertz CT molecular complexity index is 1650. The number of nitrogens with zero attached hydrogens (tertiary/aromatic N) is 3. The summed E-state index contributed by atoms with van der Waals surface area (Å²) in [6.45, 7) is 7.20. The molecule has 2 fully saturated rings. The Hall–Kier alpha value is -3.24. The standard InChI is InChI=1S/C29H34FIN6O5S/c1-16-23-29(28(2,3)4,25(35(6)24(16)38)33-22-14-7-17(31)15-21(22)30)26(39)37(20-12-13-20)27(40)36(23)19-10-8-18(9-11-19)34-43(41,42)32-5/h7-11,14-15,20,25,32-34H,12-13H2,1-6H3. The lowest BCUT2D eigenvalue weighted by atomic mass is 9.57. The fourth-order valence-corrected chi connectivity index (χ4v) is 7.07. The quantitative estimate of drug-likeness (QED) is 0.362. The number of benzene rings is 2. The third kappa shape index (κ3) is 5.06. The first kappa shape index (κ1) is 31.2. The first-order valence-electron chi connectivity index (χ1n) is 13.7. The molecule has 0 aromatic heterocycles. The Morgan fingerprint density at radius 1 is 1.05 bits per heavy atom. The molecule has 2 aromatic carbocycles. The van der Waals surface area contributed by atoms with Crippen molar-refractivity contribution in [3.8, 4) is 0 Å². The van der Waals surface area contributed by atoms with Crippen LogP contribution in [0.15, 0.2) is 53.7 Å². The highest BCUT2D eigenvalue weighted by Crippen LogP contribution is 2.58. The number of hydrogen-bond acceptors (Lipinski definition) is 6. The molecule has 0 spiro atoms. The van der Waals surface area contributed by atoms with E-state index in [1.807, 2.05) is 43.4 Å². The van der Waals surface area contributed by atoms with Crippen molar-refractivity contribution in [3.05, 3.63) is 63.1 Å². The highest BCUT2D eigenvalue weighted by Gasteiger charge is 2.69. The van der Waals surface area contributed by atoms with Crippen LogP contribution >= 0.6 is 22.6 Å². The molecule has 11 nitrogen and oxygen atoms in total. The summed E-state index contributed by atoms with van der Waals surface area (Å²) in [7, 11) is -0.945. The average molecular weight is 725 g/mol. The number of rotatable bonds is 7. The van der Waals surface area contributed by atoms with Crippen LogP contribution in [0.5, 0.6) is 0 Å². The monoisotopic (exact) mass is 724 g/mol. The molecule has 2 unspecified atom stereocenters. The van der Waals surface area contributed by atoms with Crippen LogP contribution in [-0.2, 0) is 19.8 Å². The second-order valence-corrected chi connectivity index (χ2v) is 14.9. The predicted molar refractivity (Wildman–Crippen MR) is 170 cm³/mol. The summed E-state index contributed by atoms with van der Waals surface area (Å²) in [6, 6.07) is 9.85. The molecule has 2 atom stereocenters. The minimum absolute atomic E-state index is 0.114. The van der Waals surface area contributed by atoms with Crippen LogP contribution in [0.4, 0.5) is 26.2 Å². The molecule has 3 aliphatic rings. The lowest BCUT2D eigenvalue weighted by Gasteiger charge is -2.60. The van der Waals surface area contributed by atoms with Gasteiger partial charge in [-0.05, 0) is 90.2 Å². The number of halogens is 2. The lowest BCUT2D eigenvalue weighted by Crippen LogP contribution is -2.75. The second-order valence-electron chi connectivity index (χ2n) is 12.0. The van der Waals surface area contributed by atoms with Crippen LogP contribution in [-0.4, -0.2) is 62.4 Å². The molecular formula is C29H34FIN6O5S. The number of likely N-dealkylation sites (N-methyl/N-ethyl adjacent to an activating group) is 1. The van der Waals surface area contributed by atoms with E-state index in [-0.39, 0.29) is 28.7 Å². The Kier molecular flexibility index (Phi) is 7.79. The van der Waals surface area contributed by atoms with Crippen molar-refractivity contribution in [1.29, 1.82) is 0 Å². The van der Waals surface area contributed by atoms with Gasteiger partial charge < -0.3 is 10.2 Å². The number of carbonyl (C=O) groups is 3. The van der Waals surface area contributed by atoms with Gasteiger partial charge in [-0.25, -0.2) is 13.9 Å². The van der Waals surface area contributed by atoms with Crippen molar-refractivity contribution in [2.24, 2.45) is 10.8 Å². The molecule has 0 radical (unpaired) electrons. The summed E-state index contributed by atoms with van der Waals surface area (Å²) in [5, 5.41) is 3.19. The molecule has 14 heteroatoms. The van der Waals surface area contributed by atoms with Gasteiger partial charge in [-0.3, -0.25) is 24.1 Å². The number of nitrogens with one attached hydrogen (secondary N) is 3. The predicted octanol–water partition coefficient (Wildman–Crippen LogP) is 4.45. The number of urea groups is 1. The minimum atomic E-state index is -3.79. The van der Waals surface area contributed by atoms with Crippen LogP contribution in [0.1, 0.15) is 40.5 Å². The molecule has 5 rings (SSSR count). The third-order valence-electron chi connectivity index (χ3n) is 8.31. The lowest BCUT2D eigenvalue weighted by molar-refractivity contribution is -0.154. The summed E-state index contributed by atoms with van der Waals surface area (Å²) >= 11 is 2.01. The molecule has 1 saturated heterocycles. The van der Waals surface area contributed by atoms with E-state index in [2.05, 4.69) is 14.8 Å². The molecule has 43 heavy (non-hydrogen) atoms. The first-order valence-corrected chi connectivity index (χ1v) is 16.3. The van der Waals surface area contributed by atoms with E-state index in [0.29, 0.717) is 22.1 Å². The van der Waals surface area contributed by atoms with Gasteiger partial charge in [0.05, 0.1) is 17.1 Å². The summed E-state index contributed by atoms with van der Waals surface area (Å²) in [6.07, 6.45) is 0.221. The van der Waals surface area contributed by atoms with Gasteiger partial charge >= 0.3 is 6.03 Å². The van der Waals surface area contributed by atoms with E-state index in [1.165, 1.54) is 39.9 Å². The van der Waals surface area contributed by atoms with Crippen LogP contribution in [0.3, 0.4) is 0 Å². The van der Waals surface area contributed by atoms with Crippen molar-refractivity contribution in [1.82, 2.24) is 14.5 Å². The molecular weight excluding hydrogens is 690 g/mol. The van der Waals surface area contributed by atoms with Gasteiger partial charge in [0.1, 0.15) is 17.4 Å². The van der Waals surface area contributed by atoms with Gasteiger partial charge in [0.25, 0.3) is 16.1 Å². The van der Waals surface area contributed by atoms with E-state index in [4.69, 9.17) is 0 Å². The molecule has 2 aliphatic heterocycles. The largest absolute Gasteiger partial charge is 0.362 e. The van der Waals surface area contributed by atoms with E-state index in [9.17, 15) is 22.8 Å². The molecule has 0 bridgehead atoms. The fraction of sp³-hybridized carbons (Fsp3) is 0.414. The van der Waals surface area contributed by atoms with Crippen molar-refractivity contribution < 1.29 is 27.2 Å². The Balaban J connectivity index is 1.75. The van der Waals surface area contributed by atoms with Gasteiger partial charge in [-0.1, -0.05) is 20.8 Å². The van der Waals surface area contributed by atoms with E-state index in [0.717, 1.165) is 0 Å². The van der Waals surface area contributed by atoms with Gasteiger partial charge in [0, 0.05) is 35.0 Å². The minimum Gasteiger partial charge on any atom is -0.362 e. The van der Waals surface area contributed by atoms with Gasteiger partial charge in [0.15, 0.2) is 0 Å². The molecule has 1 aliphatic carbocycles. The summed E-state index contributed by atoms with van der Waals surface area (Å²) in [5.74, 6) is -1.43. The number of hydrogen-bond donors (Lipinski definition) is 3. The molecule has 2 aromatic rings. The summed E-state index contributed by atoms with van der Waals surface area (Å²) in [4.78, 5) is 47.0. The van der Waals surface area contributed by atoms with Crippen molar-refractivity contribution in [2.75, 3.05) is 29.0 Å². The number of carbonyl (C=O) groups excluding carboxylic acids is 3. The molecule has 2 heterocycles. The number of amides is 4. The number of anilines is 3. The normalized spacial score (nSPS) is 23.1. The smallest absolute Gasteiger partial charge is 0.335 e. The maximum Gasteiger partial charge on any atom is 0.335 e. The topological polar surface area (TPSA) is 131 Å². The van der Waals surface area contributed by atoms with Crippen molar-refractivity contribution in [2.45, 2.75) is 52.7 Å². The zero-order chi connectivity index (χ0) is 31.6. The van der Waals surface area contributed by atoms with Crippen LogP contribution in [0, 0.1) is 20.2 Å². The highest BCUT2D eigenvalue weighted by molar-refractivity contribution is 14.1. The summed E-state index contributed by atoms with van der Waals surface area (Å²) in [5.41, 5.74) is -1.33. The van der Waals surface area contributed by atoms with Crippen LogP contribution in [0.25, 0.3) is 0 Å². The second kappa shape index (κ2) is 10.7. The summed E-state index contributed by atoms with van der Waals surface area (Å²) < 4.78 is 44.6. The van der Waals surface area contributed by atoms with Gasteiger partial charge in [-0.15, -0.1) is 0 Å². The molecule has 1 saturated carbocycles. The van der Waals surface area contributed by atoms with E-state index < -0.39 is 50.9 Å². The van der Waals surface area contributed by atoms with Crippen molar-refractivity contribution in [3.63, 3.8) is 0 Å². The van der Waals surface area contributed by atoms with E-state index in [1.54, 1.807) is 38.2 Å². The van der Waals surface area contributed by atoms with Gasteiger partial charge in [-0.2, -0.15) is 8.42 Å². The Morgan fingerprint density at radius 2 is 1.67 bits per heavy atom. The third-order valence-corrected chi connectivity index (χ3v) is 10.0. The van der Waals surface area contributed by atoms with Crippen LogP contribution in [0.2, 0.25) is 0 Å². The van der Waals surface area contributed by atoms with Gasteiger partial charge in [0.2, 0.25) is 5.91 Å². The van der Waals surface area contributed by atoms with Crippen LogP contribution < -0.4 is 19.7 Å². The maximum atomic E-state index is 15.3. The Labute approximate surface area is 264 Å². The zero-order valence-electron chi connectivity index (χ0n) is 24.7. The van der Waals surface area contributed by atoms with E-state index >= 15 is 4.39 Å². The van der Waals surface area contributed by atoms with Crippen molar-refractivity contribution >= 4 is 67.7 Å². The Morgan fingerprint density at radius 3 is 2.21 bits per heavy atom. The average Bonchev–Trinajstić information content (AvgIpc) is 3.76. The first-order chi connectivity index (χ1) is 20.0. The molecule has 3 N–H and O–H groups in total. The highest BCUT2D eigenvalue weighted by atomic mass is 127. The maximum absolute atomic E-state index is 15.3. The zero-order valence-corrected chi connectivity index (χ0v) is 27.6. The number of fused-ring (bicyclic) bond motifs is 1. The fourth-order valence-electron chi connectivity index (χ4n) is 6.07.